The molecule has 3 N–H and O–H groups in total. The highest BCUT2D eigenvalue weighted by atomic mass is 35.5. The number of aromatic nitrogens is 2. The van der Waals surface area contributed by atoms with Crippen molar-refractivity contribution >= 4 is 29.3 Å². The number of anilines is 2. The molecule has 0 saturated carbocycles. The number of amides is 1. The average Bonchev–Trinajstić information content (AvgIpc) is 2.28. The molecule has 0 radical (unpaired) electrons. The molecule has 1 rings (SSSR count). The van der Waals surface area contributed by atoms with E-state index in [9.17, 15) is 4.79 Å². The molecule has 0 unspecified atom stereocenters. The molecule has 16 heavy (non-hydrogen) atoms. The van der Waals surface area contributed by atoms with Crippen LogP contribution in [-0.2, 0) is 4.79 Å². The lowest BCUT2D eigenvalue weighted by Gasteiger charge is -2.08. The van der Waals surface area contributed by atoms with Crippen molar-refractivity contribution in [1.82, 2.24) is 15.3 Å². The molecular weight excluding hydrogens is 230 g/mol. The standard InChI is InChI=1S/C9H14ClN5O/c1-3-12-7(16)5-13-8-6(10)4-14-9(11-2)15-8/h4H,3,5H2,1-2H3,(H,12,16)(H2,11,13,14,15). The van der Waals surface area contributed by atoms with Crippen LogP contribution >= 0.6 is 11.6 Å². The van der Waals surface area contributed by atoms with Crippen molar-refractivity contribution < 1.29 is 4.79 Å². The molecule has 0 spiro atoms. The Morgan fingerprint density at radius 1 is 1.56 bits per heavy atom. The second-order valence-corrected chi connectivity index (χ2v) is 3.35. The van der Waals surface area contributed by atoms with Crippen molar-refractivity contribution in [2.24, 2.45) is 0 Å². The van der Waals surface area contributed by atoms with Crippen molar-refractivity contribution in [3.63, 3.8) is 0 Å². The summed E-state index contributed by atoms with van der Waals surface area (Å²) >= 11 is 5.87. The first-order valence-electron chi connectivity index (χ1n) is 4.88. The van der Waals surface area contributed by atoms with Crippen LogP contribution in [0.3, 0.4) is 0 Å². The van der Waals surface area contributed by atoms with Gasteiger partial charge in [-0.15, -0.1) is 0 Å². The van der Waals surface area contributed by atoms with Crippen LogP contribution in [0.5, 0.6) is 0 Å². The van der Waals surface area contributed by atoms with Crippen LogP contribution in [0.15, 0.2) is 6.20 Å². The first kappa shape index (κ1) is 12.5. The second-order valence-electron chi connectivity index (χ2n) is 2.95. The average molecular weight is 244 g/mol. The van der Waals surface area contributed by atoms with Gasteiger partial charge < -0.3 is 16.0 Å². The predicted octanol–water partition coefficient (Wildman–Crippen LogP) is 0.720. The molecule has 0 aliphatic carbocycles. The highest BCUT2D eigenvalue weighted by Gasteiger charge is 2.06. The Hall–Kier alpha value is -1.56. The van der Waals surface area contributed by atoms with Gasteiger partial charge in [0.15, 0.2) is 5.82 Å². The molecular formula is C9H14ClN5O. The molecule has 88 valence electrons. The van der Waals surface area contributed by atoms with Gasteiger partial charge in [-0.1, -0.05) is 11.6 Å². The molecule has 7 heteroatoms. The minimum Gasteiger partial charge on any atom is -0.360 e. The summed E-state index contributed by atoms with van der Waals surface area (Å²) in [5.41, 5.74) is 0. The Kier molecular flexibility index (Phi) is 4.78. The molecule has 1 aromatic rings. The highest BCUT2D eigenvalue weighted by Crippen LogP contribution is 2.18. The van der Waals surface area contributed by atoms with E-state index in [1.54, 1.807) is 7.05 Å². The molecule has 1 heterocycles. The van der Waals surface area contributed by atoms with E-state index in [0.717, 1.165) is 0 Å². The Labute approximate surface area is 98.8 Å². The quantitative estimate of drug-likeness (QED) is 0.710. The minimum atomic E-state index is -0.108. The molecule has 0 aliphatic rings. The molecule has 0 bridgehead atoms. The van der Waals surface area contributed by atoms with E-state index in [-0.39, 0.29) is 12.5 Å². The number of hydrogen-bond donors (Lipinski definition) is 3. The molecule has 0 saturated heterocycles. The molecule has 6 nitrogen and oxygen atoms in total. The Morgan fingerprint density at radius 2 is 2.31 bits per heavy atom. The van der Waals surface area contributed by atoms with Gasteiger partial charge in [-0.05, 0) is 6.92 Å². The van der Waals surface area contributed by atoms with Crippen LogP contribution < -0.4 is 16.0 Å². The lowest BCUT2D eigenvalue weighted by Crippen LogP contribution is -2.29. The summed E-state index contributed by atoms with van der Waals surface area (Å²) in [5.74, 6) is 0.776. The number of carbonyl (C=O) groups is 1. The summed E-state index contributed by atoms with van der Waals surface area (Å²) < 4.78 is 0. The van der Waals surface area contributed by atoms with Crippen LogP contribution in [0, 0.1) is 0 Å². The van der Waals surface area contributed by atoms with E-state index in [4.69, 9.17) is 11.6 Å². The van der Waals surface area contributed by atoms with Gasteiger partial charge in [0.25, 0.3) is 0 Å². The number of hydrogen-bond acceptors (Lipinski definition) is 5. The number of carbonyl (C=O) groups excluding carboxylic acids is 1. The first-order valence-corrected chi connectivity index (χ1v) is 5.26. The number of likely N-dealkylation sites (N-methyl/N-ethyl adjacent to an activating group) is 1. The van der Waals surface area contributed by atoms with Gasteiger partial charge in [0.2, 0.25) is 11.9 Å². The second kappa shape index (κ2) is 6.12. The van der Waals surface area contributed by atoms with Crippen molar-refractivity contribution in [3.05, 3.63) is 11.2 Å². The van der Waals surface area contributed by atoms with E-state index >= 15 is 0 Å². The summed E-state index contributed by atoms with van der Waals surface area (Å²) in [6.07, 6.45) is 1.47. The van der Waals surface area contributed by atoms with E-state index < -0.39 is 0 Å². The number of nitrogens with zero attached hydrogens (tertiary/aromatic N) is 2. The summed E-state index contributed by atoms with van der Waals surface area (Å²) in [6, 6.07) is 0. The normalized spacial score (nSPS) is 9.69. The van der Waals surface area contributed by atoms with Crippen molar-refractivity contribution in [2.75, 3.05) is 30.8 Å². The lowest BCUT2D eigenvalue weighted by molar-refractivity contribution is -0.119. The number of rotatable bonds is 5. The van der Waals surface area contributed by atoms with Gasteiger partial charge in [-0.3, -0.25) is 4.79 Å². The lowest BCUT2D eigenvalue weighted by atomic mass is 10.5. The summed E-state index contributed by atoms with van der Waals surface area (Å²) in [4.78, 5) is 19.2. The smallest absolute Gasteiger partial charge is 0.239 e. The first-order chi connectivity index (χ1) is 7.67. The van der Waals surface area contributed by atoms with Gasteiger partial charge in [0, 0.05) is 13.6 Å². The SMILES string of the molecule is CCNC(=O)CNc1nc(NC)ncc1Cl. The monoisotopic (exact) mass is 243 g/mol. The van der Waals surface area contributed by atoms with Gasteiger partial charge in [-0.25, -0.2) is 4.98 Å². The molecule has 0 atom stereocenters. The molecule has 0 aliphatic heterocycles. The van der Waals surface area contributed by atoms with Crippen molar-refractivity contribution in [1.29, 1.82) is 0 Å². The predicted molar refractivity (Wildman–Crippen MR) is 63.8 cm³/mol. The minimum absolute atomic E-state index is 0.108. The third-order valence-electron chi connectivity index (χ3n) is 1.76. The van der Waals surface area contributed by atoms with E-state index in [1.165, 1.54) is 6.20 Å². The Balaban J connectivity index is 2.62. The third-order valence-corrected chi connectivity index (χ3v) is 2.03. The van der Waals surface area contributed by atoms with Crippen LogP contribution in [-0.4, -0.2) is 36.0 Å². The number of nitrogens with one attached hydrogen (secondary N) is 3. The zero-order valence-electron chi connectivity index (χ0n) is 9.17. The maximum Gasteiger partial charge on any atom is 0.239 e. The van der Waals surface area contributed by atoms with Crippen LogP contribution in [0.2, 0.25) is 5.02 Å². The summed E-state index contributed by atoms with van der Waals surface area (Å²) in [5, 5.41) is 8.66. The van der Waals surface area contributed by atoms with Gasteiger partial charge in [-0.2, -0.15) is 4.98 Å². The van der Waals surface area contributed by atoms with E-state index in [2.05, 4.69) is 25.9 Å². The zero-order chi connectivity index (χ0) is 12.0. The number of halogens is 1. The van der Waals surface area contributed by atoms with Crippen LogP contribution in [0.4, 0.5) is 11.8 Å². The fourth-order valence-corrected chi connectivity index (χ4v) is 1.19. The van der Waals surface area contributed by atoms with Crippen LogP contribution in [0.1, 0.15) is 6.92 Å². The molecule has 0 aromatic carbocycles. The third kappa shape index (κ3) is 3.54. The molecule has 1 amide bonds. The summed E-state index contributed by atoms with van der Waals surface area (Å²) in [7, 11) is 1.71. The van der Waals surface area contributed by atoms with E-state index in [1.807, 2.05) is 6.92 Å². The molecule has 1 aromatic heterocycles. The van der Waals surface area contributed by atoms with Crippen molar-refractivity contribution in [3.8, 4) is 0 Å². The van der Waals surface area contributed by atoms with Gasteiger partial charge >= 0.3 is 0 Å². The van der Waals surface area contributed by atoms with E-state index in [0.29, 0.717) is 23.3 Å². The molecule has 0 fully saturated rings. The maximum absolute atomic E-state index is 11.2. The largest absolute Gasteiger partial charge is 0.360 e. The van der Waals surface area contributed by atoms with Gasteiger partial charge in [0.1, 0.15) is 5.02 Å². The fraction of sp³-hybridized carbons (Fsp3) is 0.444. The van der Waals surface area contributed by atoms with Crippen molar-refractivity contribution in [2.45, 2.75) is 6.92 Å². The Bertz CT molecular complexity index is 371. The zero-order valence-corrected chi connectivity index (χ0v) is 9.93. The highest BCUT2D eigenvalue weighted by molar-refractivity contribution is 6.32. The maximum atomic E-state index is 11.2. The van der Waals surface area contributed by atoms with Crippen LogP contribution in [0.25, 0.3) is 0 Å². The van der Waals surface area contributed by atoms with Gasteiger partial charge in [0.05, 0.1) is 12.7 Å². The summed E-state index contributed by atoms with van der Waals surface area (Å²) in [6.45, 7) is 2.59. The Morgan fingerprint density at radius 3 is 2.94 bits per heavy atom. The fourth-order valence-electron chi connectivity index (χ4n) is 1.04. The topological polar surface area (TPSA) is 78.9 Å².